The molecule has 1 heterocycles. The third-order valence-electron chi connectivity index (χ3n) is 5.86. The number of aromatic amines is 1. The molecule has 4 heteroatoms. The van der Waals surface area contributed by atoms with Gasteiger partial charge < -0.3 is 10.3 Å². The van der Waals surface area contributed by atoms with Gasteiger partial charge in [-0.25, -0.2) is 0 Å². The molecule has 4 nitrogen and oxygen atoms in total. The van der Waals surface area contributed by atoms with Crippen LogP contribution in [0.1, 0.15) is 61.4 Å². The van der Waals surface area contributed by atoms with Crippen LogP contribution in [0.4, 0.5) is 0 Å². The molecule has 1 aromatic heterocycles. The molecule has 1 amide bonds. The fourth-order valence-electron chi connectivity index (χ4n) is 4.53. The second kappa shape index (κ2) is 6.51. The summed E-state index contributed by atoms with van der Waals surface area (Å²) in [5.74, 6) is 0.139. The normalized spacial score (nSPS) is 21.5. The van der Waals surface area contributed by atoms with E-state index in [4.69, 9.17) is 0 Å². The molecular formula is C21H24N2O2. The summed E-state index contributed by atoms with van der Waals surface area (Å²) in [5.41, 5.74) is 2.70. The molecule has 1 fully saturated rings. The molecule has 0 radical (unpaired) electrons. The van der Waals surface area contributed by atoms with E-state index in [1.165, 1.54) is 0 Å². The summed E-state index contributed by atoms with van der Waals surface area (Å²) in [6.45, 7) is 0. The van der Waals surface area contributed by atoms with E-state index < -0.39 is 5.41 Å². The first-order chi connectivity index (χ1) is 12.2. The van der Waals surface area contributed by atoms with Crippen LogP contribution < -0.4 is 10.9 Å². The fraction of sp³-hybridized carbons (Fsp3) is 0.429. The van der Waals surface area contributed by atoms with Gasteiger partial charge in [-0.1, -0.05) is 43.2 Å². The predicted molar refractivity (Wildman–Crippen MR) is 97.5 cm³/mol. The Morgan fingerprint density at radius 3 is 2.56 bits per heavy atom. The third kappa shape index (κ3) is 2.90. The molecule has 2 aromatic rings. The highest BCUT2D eigenvalue weighted by Crippen LogP contribution is 2.42. The Morgan fingerprint density at radius 2 is 1.80 bits per heavy atom. The lowest BCUT2D eigenvalue weighted by molar-refractivity contribution is -0.127. The van der Waals surface area contributed by atoms with Crippen LogP contribution in [0.3, 0.4) is 0 Å². The number of H-pyrrole nitrogens is 1. The number of hydrogen-bond acceptors (Lipinski definition) is 2. The second-order valence-electron chi connectivity index (χ2n) is 7.33. The molecule has 4 rings (SSSR count). The van der Waals surface area contributed by atoms with Gasteiger partial charge in [-0.15, -0.1) is 0 Å². The molecule has 25 heavy (non-hydrogen) atoms. The zero-order valence-corrected chi connectivity index (χ0v) is 14.4. The standard InChI is InChI=1S/C21H24N2O2/c24-19-12-11-16-17(22-19)9-6-10-18(16)23-20(25)21(13-4-5-14-21)15-7-2-1-3-8-15/h1-3,7-8,11-12,18H,4-6,9-10,13-14H2,(H,22,24)(H,23,25)/t18-/m0/s1. The van der Waals surface area contributed by atoms with Crippen molar-refractivity contribution in [2.45, 2.75) is 56.4 Å². The van der Waals surface area contributed by atoms with Crippen LogP contribution in [0, 0.1) is 0 Å². The summed E-state index contributed by atoms with van der Waals surface area (Å²) in [6.07, 6.45) is 6.80. The number of fused-ring (bicyclic) bond motifs is 1. The number of pyridine rings is 1. The van der Waals surface area contributed by atoms with E-state index in [1.54, 1.807) is 6.07 Å². The molecule has 0 bridgehead atoms. The maximum Gasteiger partial charge on any atom is 0.248 e. The van der Waals surface area contributed by atoms with Crippen molar-refractivity contribution in [2.75, 3.05) is 0 Å². The number of aryl methyl sites for hydroxylation is 1. The largest absolute Gasteiger partial charge is 0.348 e. The molecule has 2 aliphatic rings. The van der Waals surface area contributed by atoms with Gasteiger partial charge >= 0.3 is 0 Å². The second-order valence-corrected chi connectivity index (χ2v) is 7.33. The van der Waals surface area contributed by atoms with Crippen molar-refractivity contribution in [3.05, 3.63) is 69.6 Å². The summed E-state index contributed by atoms with van der Waals surface area (Å²) < 4.78 is 0. The SMILES string of the molecule is O=C(N[C@H]1CCCc2[nH]c(=O)ccc21)C1(c2ccccc2)CCCC1. The number of benzene rings is 1. The number of aromatic nitrogens is 1. The van der Waals surface area contributed by atoms with Crippen LogP contribution >= 0.6 is 0 Å². The monoisotopic (exact) mass is 336 g/mol. The minimum Gasteiger partial charge on any atom is -0.348 e. The lowest BCUT2D eigenvalue weighted by Crippen LogP contribution is -2.45. The third-order valence-corrected chi connectivity index (χ3v) is 5.86. The van der Waals surface area contributed by atoms with E-state index >= 15 is 0 Å². The van der Waals surface area contributed by atoms with Crippen molar-refractivity contribution in [3.8, 4) is 0 Å². The Balaban J connectivity index is 1.63. The Hall–Kier alpha value is -2.36. The molecule has 1 saturated carbocycles. The lowest BCUT2D eigenvalue weighted by atomic mass is 9.77. The quantitative estimate of drug-likeness (QED) is 0.902. The Kier molecular flexibility index (Phi) is 4.20. The highest BCUT2D eigenvalue weighted by atomic mass is 16.2. The Bertz CT molecular complexity index is 819. The smallest absolute Gasteiger partial charge is 0.248 e. The van der Waals surface area contributed by atoms with Gasteiger partial charge in [0.1, 0.15) is 0 Å². The Morgan fingerprint density at radius 1 is 1.04 bits per heavy atom. The maximum atomic E-state index is 13.3. The minimum atomic E-state index is -0.402. The number of carbonyl (C=O) groups excluding carboxylic acids is 1. The number of amides is 1. The average Bonchev–Trinajstić information content (AvgIpc) is 3.13. The van der Waals surface area contributed by atoms with Crippen molar-refractivity contribution in [1.29, 1.82) is 0 Å². The van der Waals surface area contributed by atoms with Gasteiger partial charge in [-0.3, -0.25) is 9.59 Å². The minimum absolute atomic E-state index is 0.00529. The van der Waals surface area contributed by atoms with Crippen LogP contribution in [0.2, 0.25) is 0 Å². The molecule has 0 unspecified atom stereocenters. The Labute approximate surface area is 147 Å². The fourth-order valence-corrected chi connectivity index (χ4v) is 4.53. The highest BCUT2D eigenvalue weighted by Gasteiger charge is 2.43. The van der Waals surface area contributed by atoms with Gasteiger partial charge in [0.05, 0.1) is 11.5 Å². The molecule has 2 N–H and O–H groups in total. The van der Waals surface area contributed by atoms with Crippen molar-refractivity contribution in [3.63, 3.8) is 0 Å². The first kappa shape index (κ1) is 16.1. The van der Waals surface area contributed by atoms with Crippen LogP contribution in [0.5, 0.6) is 0 Å². The van der Waals surface area contributed by atoms with Gasteiger partial charge in [0.25, 0.3) is 0 Å². The lowest BCUT2D eigenvalue weighted by Gasteiger charge is -2.33. The zero-order chi connectivity index (χ0) is 17.3. The summed E-state index contributed by atoms with van der Waals surface area (Å²) in [4.78, 5) is 27.8. The molecular weight excluding hydrogens is 312 g/mol. The summed E-state index contributed by atoms with van der Waals surface area (Å²) in [6, 6.07) is 13.6. The summed E-state index contributed by atoms with van der Waals surface area (Å²) >= 11 is 0. The topological polar surface area (TPSA) is 62.0 Å². The number of hydrogen-bond donors (Lipinski definition) is 2. The van der Waals surface area contributed by atoms with Gasteiger partial charge in [0, 0.05) is 11.8 Å². The molecule has 1 aromatic carbocycles. The molecule has 0 saturated heterocycles. The van der Waals surface area contributed by atoms with Crippen molar-refractivity contribution in [2.24, 2.45) is 0 Å². The van der Waals surface area contributed by atoms with E-state index in [9.17, 15) is 9.59 Å². The molecule has 1 atom stereocenters. The summed E-state index contributed by atoms with van der Waals surface area (Å²) in [5, 5.41) is 3.31. The zero-order valence-electron chi connectivity index (χ0n) is 14.4. The number of carbonyl (C=O) groups is 1. The number of rotatable bonds is 3. The molecule has 0 aliphatic heterocycles. The van der Waals surface area contributed by atoms with Crippen LogP contribution in [0.15, 0.2) is 47.3 Å². The van der Waals surface area contributed by atoms with E-state index in [0.717, 1.165) is 61.8 Å². The maximum absolute atomic E-state index is 13.3. The first-order valence-electron chi connectivity index (χ1n) is 9.28. The number of nitrogens with one attached hydrogen (secondary N) is 2. The molecule has 130 valence electrons. The average molecular weight is 336 g/mol. The van der Waals surface area contributed by atoms with Gasteiger partial charge in [-0.2, -0.15) is 0 Å². The van der Waals surface area contributed by atoms with Crippen LogP contribution in [-0.4, -0.2) is 10.9 Å². The van der Waals surface area contributed by atoms with Crippen molar-refractivity contribution in [1.82, 2.24) is 10.3 Å². The van der Waals surface area contributed by atoms with Gasteiger partial charge in [0.2, 0.25) is 11.5 Å². The van der Waals surface area contributed by atoms with Gasteiger partial charge in [0.15, 0.2) is 0 Å². The molecule has 0 spiro atoms. The highest BCUT2D eigenvalue weighted by molar-refractivity contribution is 5.89. The molecule has 2 aliphatic carbocycles. The first-order valence-corrected chi connectivity index (χ1v) is 9.28. The summed E-state index contributed by atoms with van der Waals surface area (Å²) in [7, 11) is 0. The van der Waals surface area contributed by atoms with Crippen molar-refractivity contribution >= 4 is 5.91 Å². The van der Waals surface area contributed by atoms with E-state index in [0.29, 0.717) is 0 Å². The van der Waals surface area contributed by atoms with Crippen LogP contribution in [0.25, 0.3) is 0 Å². The van der Waals surface area contributed by atoms with E-state index in [-0.39, 0.29) is 17.5 Å². The van der Waals surface area contributed by atoms with Crippen LogP contribution in [-0.2, 0) is 16.6 Å². The predicted octanol–water partition coefficient (Wildman–Crippen LogP) is 3.38. The van der Waals surface area contributed by atoms with Gasteiger partial charge in [-0.05, 0) is 49.3 Å². The van der Waals surface area contributed by atoms with Crippen molar-refractivity contribution < 1.29 is 4.79 Å². The van der Waals surface area contributed by atoms with E-state index in [1.807, 2.05) is 24.3 Å². The van der Waals surface area contributed by atoms with E-state index in [2.05, 4.69) is 22.4 Å².